The number of benzene rings is 1. The molecule has 3 nitrogen and oxygen atoms in total. The fourth-order valence-corrected chi connectivity index (χ4v) is 4.16. The Bertz CT molecular complexity index is 482. The minimum absolute atomic E-state index is 0.0421. The predicted molar refractivity (Wildman–Crippen MR) is 78.5 cm³/mol. The van der Waals surface area contributed by atoms with Gasteiger partial charge in [0.2, 0.25) is 0 Å². The van der Waals surface area contributed by atoms with Gasteiger partial charge >= 0.3 is 5.97 Å². The van der Waals surface area contributed by atoms with E-state index >= 15 is 0 Å². The van der Waals surface area contributed by atoms with Crippen LogP contribution in [0.1, 0.15) is 43.2 Å². The van der Waals surface area contributed by atoms with Crippen LogP contribution < -0.4 is 5.73 Å². The third kappa shape index (κ3) is 2.14. The molecule has 2 aliphatic carbocycles. The Labute approximate surface area is 120 Å². The summed E-state index contributed by atoms with van der Waals surface area (Å²) in [6.07, 6.45) is 7.03. The number of hydrogen-bond acceptors (Lipinski definition) is 2. The molecule has 0 aromatic heterocycles. The smallest absolute Gasteiger partial charge is 0.324 e. The third-order valence-corrected chi connectivity index (χ3v) is 5.38. The summed E-state index contributed by atoms with van der Waals surface area (Å²) in [6, 6.07) is 8.28. The van der Waals surface area contributed by atoms with Crippen LogP contribution in [0.4, 0.5) is 0 Å². The molecule has 1 atom stereocenters. The topological polar surface area (TPSA) is 63.3 Å². The molecule has 0 bridgehead atoms. The predicted octanol–water partition coefficient (Wildman–Crippen LogP) is 2.76. The first-order valence-electron chi connectivity index (χ1n) is 7.71. The SMILES string of the molecule is N[C@@](C(=O)O)(C1CCCCC1)C1Cc2ccccc2C1. The molecular formula is C17H23NO2. The molecule has 2 aliphatic rings. The zero-order chi connectivity index (χ0) is 14.2. The summed E-state index contributed by atoms with van der Waals surface area (Å²) >= 11 is 0. The largest absolute Gasteiger partial charge is 0.480 e. The second kappa shape index (κ2) is 5.21. The van der Waals surface area contributed by atoms with Gasteiger partial charge in [0.25, 0.3) is 0 Å². The van der Waals surface area contributed by atoms with E-state index in [-0.39, 0.29) is 11.8 Å². The molecule has 0 radical (unpaired) electrons. The van der Waals surface area contributed by atoms with E-state index in [4.69, 9.17) is 5.73 Å². The van der Waals surface area contributed by atoms with Gasteiger partial charge in [-0.15, -0.1) is 0 Å². The van der Waals surface area contributed by atoms with E-state index in [0.29, 0.717) is 0 Å². The van der Waals surface area contributed by atoms with Crippen molar-refractivity contribution in [3.05, 3.63) is 35.4 Å². The molecule has 1 saturated carbocycles. The summed E-state index contributed by atoms with van der Waals surface area (Å²) < 4.78 is 0. The van der Waals surface area contributed by atoms with Gasteiger partial charge in [-0.05, 0) is 48.6 Å². The minimum Gasteiger partial charge on any atom is -0.480 e. The summed E-state index contributed by atoms with van der Waals surface area (Å²) in [7, 11) is 0. The lowest BCUT2D eigenvalue weighted by molar-refractivity contribution is -0.149. The van der Waals surface area contributed by atoms with E-state index in [2.05, 4.69) is 12.1 Å². The Balaban J connectivity index is 1.87. The standard InChI is InChI=1S/C17H23NO2/c18-17(16(19)20,14-8-2-1-3-9-14)15-10-12-6-4-5-7-13(12)11-15/h4-7,14-15H,1-3,8-11,18H2,(H,19,20)/t17-/m0/s1. The van der Waals surface area contributed by atoms with Gasteiger partial charge in [0, 0.05) is 0 Å². The number of nitrogens with two attached hydrogens (primary N) is 1. The highest BCUT2D eigenvalue weighted by Gasteiger charge is 2.50. The number of carboxylic acids is 1. The lowest BCUT2D eigenvalue weighted by Crippen LogP contribution is -2.60. The summed E-state index contributed by atoms with van der Waals surface area (Å²) in [5.74, 6) is -0.629. The average Bonchev–Trinajstić information content (AvgIpc) is 2.91. The van der Waals surface area contributed by atoms with Crippen LogP contribution in [0.25, 0.3) is 0 Å². The molecular weight excluding hydrogens is 250 g/mol. The van der Waals surface area contributed by atoms with Crippen molar-refractivity contribution in [2.75, 3.05) is 0 Å². The van der Waals surface area contributed by atoms with Crippen LogP contribution in [0.2, 0.25) is 0 Å². The maximum atomic E-state index is 11.9. The first kappa shape index (κ1) is 13.6. The van der Waals surface area contributed by atoms with E-state index < -0.39 is 11.5 Å². The molecule has 3 heteroatoms. The zero-order valence-electron chi connectivity index (χ0n) is 11.8. The van der Waals surface area contributed by atoms with Crippen molar-refractivity contribution in [2.45, 2.75) is 50.5 Å². The molecule has 0 aliphatic heterocycles. The maximum Gasteiger partial charge on any atom is 0.324 e. The van der Waals surface area contributed by atoms with E-state index in [0.717, 1.165) is 38.5 Å². The Kier molecular flexibility index (Phi) is 3.55. The van der Waals surface area contributed by atoms with Gasteiger partial charge in [-0.25, -0.2) is 0 Å². The lowest BCUT2D eigenvalue weighted by Gasteiger charge is -2.40. The minimum atomic E-state index is -1.06. The van der Waals surface area contributed by atoms with Gasteiger partial charge in [0.15, 0.2) is 0 Å². The molecule has 0 heterocycles. The Morgan fingerprint density at radius 2 is 1.60 bits per heavy atom. The van der Waals surface area contributed by atoms with Crippen molar-refractivity contribution in [3.8, 4) is 0 Å². The van der Waals surface area contributed by atoms with Crippen LogP contribution in [0.5, 0.6) is 0 Å². The second-order valence-corrected chi connectivity index (χ2v) is 6.45. The number of carboxylic acid groups (broad SMARTS) is 1. The number of rotatable bonds is 3. The van der Waals surface area contributed by atoms with Gasteiger partial charge in [0.1, 0.15) is 5.54 Å². The van der Waals surface area contributed by atoms with E-state index in [1.807, 2.05) is 12.1 Å². The van der Waals surface area contributed by atoms with Gasteiger partial charge in [-0.3, -0.25) is 4.79 Å². The highest BCUT2D eigenvalue weighted by atomic mass is 16.4. The molecule has 3 N–H and O–H groups in total. The number of carbonyl (C=O) groups is 1. The normalized spacial score (nSPS) is 23.2. The summed E-state index contributed by atoms with van der Waals surface area (Å²) in [4.78, 5) is 11.9. The molecule has 0 unspecified atom stereocenters. The third-order valence-electron chi connectivity index (χ3n) is 5.38. The molecule has 1 fully saturated rings. The zero-order valence-corrected chi connectivity index (χ0v) is 11.8. The van der Waals surface area contributed by atoms with Crippen molar-refractivity contribution in [3.63, 3.8) is 0 Å². The van der Waals surface area contributed by atoms with Gasteiger partial charge in [-0.2, -0.15) is 0 Å². The number of aliphatic carboxylic acids is 1. The molecule has 1 aromatic carbocycles. The highest BCUT2D eigenvalue weighted by Crippen LogP contribution is 2.41. The Morgan fingerprint density at radius 3 is 2.10 bits per heavy atom. The van der Waals surface area contributed by atoms with Gasteiger partial charge < -0.3 is 10.8 Å². The lowest BCUT2D eigenvalue weighted by atomic mass is 9.67. The van der Waals surface area contributed by atoms with Crippen LogP contribution in [-0.2, 0) is 17.6 Å². The summed E-state index contributed by atoms with van der Waals surface area (Å²) in [6.45, 7) is 0. The maximum absolute atomic E-state index is 11.9. The second-order valence-electron chi connectivity index (χ2n) is 6.45. The van der Waals surface area contributed by atoms with Crippen LogP contribution in [0.3, 0.4) is 0 Å². The van der Waals surface area contributed by atoms with Crippen molar-refractivity contribution in [2.24, 2.45) is 17.6 Å². The molecule has 1 aromatic rings. The molecule has 20 heavy (non-hydrogen) atoms. The number of hydrogen-bond donors (Lipinski definition) is 2. The van der Waals surface area contributed by atoms with Gasteiger partial charge in [0.05, 0.1) is 0 Å². The van der Waals surface area contributed by atoms with E-state index in [9.17, 15) is 9.90 Å². The van der Waals surface area contributed by atoms with Crippen LogP contribution in [-0.4, -0.2) is 16.6 Å². The van der Waals surface area contributed by atoms with Crippen molar-refractivity contribution in [1.82, 2.24) is 0 Å². The van der Waals surface area contributed by atoms with E-state index in [1.165, 1.54) is 17.5 Å². The van der Waals surface area contributed by atoms with Crippen LogP contribution >= 0.6 is 0 Å². The highest BCUT2D eigenvalue weighted by molar-refractivity contribution is 5.80. The number of fused-ring (bicyclic) bond motifs is 1. The van der Waals surface area contributed by atoms with Crippen molar-refractivity contribution < 1.29 is 9.90 Å². The van der Waals surface area contributed by atoms with Gasteiger partial charge in [-0.1, -0.05) is 43.5 Å². The fourth-order valence-electron chi connectivity index (χ4n) is 4.16. The average molecular weight is 273 g/mol. The molecule has 108 valence electrons. The summed E-state index contributed by atoms with van der Waals surface area (Å²) in [5.41, 5.74) is 8.01. The summed E-state index contributed by atoms with van der Waals surface area (Å²) in [5, 5.41) is 9.80. The molecule has 0 saturated heterocycles. The van der Waals surface area contributed by atoms with Crippen LogP contribution in [0, 0.1) is 11.8 Å². The van der Waals surface area contributed by atoms with Crippen molar-refractivity contribution >= 4 is 5.97 Å². The van der Waals surface area contributed by atoms with E-state index in [1.54, 1.807) is 0 Å². The Hall–Kier alpha value is -1.35. The first-order chi connectivity index (χ1) is 9.62. The Morgan fingerprint density at radius 1 is 1.05 bits per heavy atom. The monoisotopic (exact) mass is 273 g/mol. The fraction of sp³-hybridized carbons (Fsp3) is 0.588. The first-order valence-corrected chi connectivity index (χ1v) is 7.71. The molecule has 0 spiro atoms. The van der Waals surface area contributed by atoms with Crippen molar-refractivity contribution in [1.29, 1.82) is 0 Å². The molecule has 0 amide bonds. The molecule has 3 rings (SSSR count). The quantitative estimate of drug-likeness (QED) is 0.890. The van der Waals surface area contributed by atoms with Crippen LogP contribution in [0.15, 0.2) is 24.3 Å².